The molecule has 0 bridgehead atoms. The molecule has 0 spiro atoms. The number of carbonyl (C=O) groups excluding carboxylic acids is 1. The molecule has 0 saturated carbocycles. The zero-order chi connectivity index (χ0) is 21.1. The van der Waals surface area contributed by atoms with E-state index in [4.69, 9.17) is 4.42 Å². The lowest BCUT2D eigenvalue weighted by molar-refractivity contribution is 0.0992. The van der Waals surface area contributed by atoms with Crippen LogP contribution in [0.5, 0.6) is 0 Å². The highest BCUT2D eigenvalue weighted by Crippen LogP contribution is 2.23. The van der Waals surface area contributed by atoms with Crippen LogP contribution in [0.3, 0.4) is 0 Å². The minimum absolute atomic E-state index is 0.235. The fraction of sp³-hybridized carbons (Fsp3) is 0.417. The van der Waals surface area contributed by atoms with E-state index >= 15 is 0 Å². The van der Waals surface area contributed by atoms with Crippen molar-refractivity contribution in [2.45, 2.75) is 53.1 Å². The SMILES string of the molecule is Cc1ccccc1Cn1nc(C)c(NC(=O)c2ccc(CN3CCCCC3)o2)c1C. The molecular weight excluding hydrogens is 376 g/mol. The van der Waals surface area contributed by atoms with Gasteiger partial charge in [0.05, 0.1) is 30.2 Å². The molecule has 1 aromatic carbocycles. The Bertz CT molecular complexity index is 1030. The number of carbonyl (C=O) groups is 1. The van der Waals surface area contributed by atoms with Gasteiger partial charge in [0.15, 0.2) is 5.76 Å². The summed E-state index contributed by atoms with van der Waals surface area (Å²) in [6.07, 6.45) is 3.77. The van der Waals surface area contributed by atoms with Crippen molar-refractivity contribution in [1.29, 1.82) is 0 Å². The molecule has 0 aliphatic carbocycles. The quantitative estimate of drug-likeness (QED) is 0.645. The van der Waals surface area contributed by atoms with E-state index in [0.717, 1.165) is 42.5 Å². The molecule has 0 atom stereocenters. The molecule has 6 heteroatoms. The number of nitrogens with one attached hydrogen (secondary N) is 1. The van der Waals surface area contributed by atoms with Crippen molar-refractivity contribution in [1.82, 2.24) is 14.7 Å². The van der Waals surface area contributed by atoms with Crippen LogP contribution in [0.4, 0.5) is 5.69 Å². The number of piperidine rings is 1. The molecule has 0 radical (unpaired) electrons. The van der Waals surface area contributed by atoms with Gasteiger partial charge in [0.1, 0.15) is 5.76 Å². The summed E-state index contributed by atoms with van der Waals surface area (Å²) in [5.41, 5.74) is 4.93. The summed E-state index contributed by atoms with van der Waals surface area (Å²) in [4.78, 5) is 15.2. The highest BCUT2D eigenvalue weighted by atomic mass is 16.4. The third-order valence-corrected chi connectivity index (χ3v) is 5.91. The van der Waals surface area contributed by atoms with Gasteiger partial charge in [0.2, 0.25) is 0 Å². The molecule has 1 aliphatic heterocycles. The summed E-state index contributed by atoms with van der Waals surface area (Å²) in [6, 6.07) is 11.9. The van der Waals surface area contributed by atoms with E-state index in [1.165, 1.54) is 30.4 Å². The fourth-order valence-corrected chi connectivity index (χ4v) is 4.08. The van der Waals surface area contributed by atoms with E-state index in [9.17, 15) is 4.79 Å². The number of rotatable bonds is 6. The Balaban J connectivity index is 1.44. The molecule has 4 rings (SSSR count). The van der Waals surface area contributed by atoms with Gasteiger partial charge in [-0.3, -0.25) is 14.4 Å². The number of aromatic nitrogens is 2. The smallest absolute Gasteiger partial charge is 0.291 e. The number of anilines is 1. The average molecular weight is 407 g/mol. The number of likely N-dealkylation sites (tertiary alicyclic amines) is 1. The predicted molar refractivity (Wildman–Crippen MR) is 118 cm³/mol. The van der Waals surface area contributed by atoms with E-state index in [1.807, 2.05) is 36.7 Å². The van der Waals surface area contributed by atoms with Crippen LogP contribution in [-0.2, 0) is 13.1 Å². The lowest BCUT2D eigenvalue weighted by atomic mass is 10.1. The lowest BCUT2D eigenvalue weighted by Crippen LogP contribution is -2.28. The highest BCUT2D eigenvalue weighted by molar-refractivity contribution is 6.02. The van der Waals surface area contributed by atoms with Crippen LogP contribution in [0.15, 0.2) is 40.8 Å². The summed E-state index contributed by atoms with van der Waals surface area (Å²) in [7, 11) is 0. The second-order valence-electron chi connectivity index (χ2n) is 8.19. The van der Waals surface area contributed by atoms with Gasteiger partial charge in [0, 0.05) is 0 Å². The molecule has 158 valence electrons. The molecule has 0 unspecified atom stereocenters. The van der Waals surface area contributed by atoms with Gasteiger partial charge in [-0.05, 0) is 70.0 Å². The number of benzene rings is 1. The lowest BCUT2D eigenvalue weighted by Gasteiger charge is -2.25. The van der Waals surface area contributed by atoms with Crippen LogP contribution in [0, 0.1) is 20.8 Å². The number of aryl methyl sites for hydroxylation is 2. The summed E-state index contributed by atoms with van der Waals surface area (Å²) in [6.45, 7) is 9.64. The maximum Gasteiger partial charge on any atom is 0.291 e. The van der Waals surface area contributed by atoms with E-state index < -0.39 is 0 Å². The van der Waals surface area contributed by atoms with Crippen molar-refractivity contribution in [3.63, 3.8) is 0 Å². The number of hydrogen-bond donors (Lipinski definition) is 1. The predicted octanol–water partition coefficient (Wildman–Crippen LogP) is 4.69. The van der Waals surface area contributed by atoms with Crippen LogP contribution in [0.25, 0.3) is 0 Å². The molecule has 1 amide bonds. The van der Waals surface area contributed by atoms with Crippen molar-refractivity contribution in [2.24, 2.45) is 0 Å². The Hall–Kier alpha value is -2.86. The van der Waals surface area contributed by atoms with Gasteiger partial charge in [-0.1, -0.05) is 30.7 Å². The standard InChI is InChI=1S/C24H30N4O2/c1-17-9-5-6-10-20(17)15-28-19(3)23(18(2)26-28)25-24(29)22-12-11-21(30-22)16-27-13-7-4-8-14-27/h5-6,9-12H,4,7-8,13-16H2,1-3H3,(H,25,29). The molecule has 6 nitrogen and oxygen atoms in total. The first kappa shape index (κ1) is 20.4. The fourth-order valence-electron chi connectivity index (χ4n) is 4.08. The largest absolute Gasteiger partial charge is 0.455 e. The number of nitrogens with zero attached hydrogens (tertiary/aromatic N) is 3. The Kier molecular flexibility index (Phi) is 6.04. The average Bonchev–Trinajstić information content (AvgIpc) is 3.31. The Morgan fingerprint density at radius 3 is 2.57 bits per heavy atom. The van der Waals surface area contributed by atoms with Crippen LogP contribution < -0.4 is 5.32 Å². The van der Waals surface area contributed by atoms with E-state index in [-0.39, 0.29) is 5.91 Å². The molecule has 3 aromatic rings. The van der Waals surface area contributed by atoms with Gasteiger partial charge < -0.3 is 9.73 Å². The molecule has 2 aromatic heterocycles. The van der Waals surface area contributed by atoms with Crippen molar-refractivity contribution >= 4 is 11.6 Å². The molecule has 1 aliphatic rings. The monoisotopic (exact) mass is 406 g/mol. The first-order valence-electron chi connectivity index (χ1n) is 10.7. The zero-order valence-corrected chi connectivity index (χ0v) is 18.1. The Morgan fingerprint density at radius 1 is 1.03 bits per heavy atom. The summed E-state index contributed by atoms with van der Waals surface area (Å²) in [5, 5.41) is 7.64. The van der Waals surface area contributed by atoms with Crippen molar-refractivity contribution in [3.8, 4) is 0 Å². The first-order chi connectivity index (χ1) is 14.5. The summed E-state index contributed by atoms with van der Waals surface area (Å²) < 4.78 is 7.78. The minimum atomic E-state index is -0.235. The molecule has 3 heterocycles. The van der Waals surface area contributed by atoms with Crippen molar-refractivity contribution < 1.29 is 9.21 Å². The first-order valence-corrected chi connectivity index (χ1v) is 10.7. The maximum atomic E-state index is 12.8. The summed E-state index contributed by atoms with van der Waals surface area (Å²) in [5.74, 6) is 0.944. The van der Waals surface area contributed by atoms with Crippen molar-refractivity contribution in [3.05, 3.63) is 70.4 Å². The van der Waals surface area contributed by atoms with Crippen molar-refractivity contribution in [2.75, 3.05) is 18.4 Å². The number of furan rings is 1. The Morgan fingerprint density at radius 2 is 1.80 bits per heavy atom. The van der Waals surface area contributed by atoms with Gasteiger partial charge in [-0.15, -0.1) is 0 Å². The topological polar surface area (TPSA) is 63.3 Å². The zero-order valence-electron chi connectivity index (χ0n) is 18.1. The molecule has 1 saturated heterocycles. The molecule has 30 heavy (non-hydrogen) atoms. The van der Waals surface area contributed by atoms with Gasteiger partial charge in [0.25, 0.3) is 5.91 Å². The second kappa shape index (κ2) is 8.88. The summed E-state index contributed by atoms with van der Waals surface area (Å²) >= 11 is 0. The van der Waals surface area contributed by atoms with Gasteiger partial charge >= 0.3 is 0 Å². The van der Waals surface area contributed by atoms with Crippen LogP contribution in [0.2, 0.25) is 0 Å². The number of hydrogen-bond acceptors (Lipinski definition) is 4. The van der Waals surface area contributed by atoms with E-state index in [2.05, 4.69) is 34.4 Å². The van der Waals surface area contributed by atoms with Gasteiger partial charge in [-0.2, -0.15) is 5.10 Å². The highest BCUT2D eigenvalue weighted by Gasteiger charge is 2.19. The Labute approximate surface area is 177 Å². The van der Waals surface area contributed by atoms with E-state index in [1.54, 1.807) is 6.07 Å². The minimum Gasteiger partial charge on any atom is -0.455 e. The molecular formula is C24H30N4O2. The second-order valence-corrected chi connectivity index (χ2v) is 8.19. The van der Waals surface area contributed by atoms with E-state index in [0.29, 0.717) is 12.3 Å². The van der Waals surface area contributed by atoms with Crippen LogP contribution >= 0.6 is 0 Å². The normalized spacial score (nSPS) is 14.8. The maximum absolute atomic E-state index is 12.8. The molecule has 1 fully saturated rings. The van der Waals surface area contributed by atoms with Crippen LogP contribution in [-0.4, -0.2) is 33.7 Å². The third-order valence-electron chi connectivity index (χ3n) is 5.91. The third kappa shape index (κ3) is 4.49. The number of amides is 1. The van der Waals surface area contributed by atoms with Crippen LogP contribution in [0.1, 0.15) is 58.1 Å². The molecule has 1 N–H and O–H groups in total. The van der Waals surface area contributed by atoms with Gasteiger partial charge in [-0.25, -0.2) is 0 Å².